The van der Waals surface area contributed by atoms with Gasteiger partial charge < -0.3 is 9.64 Å². The molecule has 5 nitrogen and oxygen atoms in total. The molecule has 264 valence electrons. The van der Waals surface area contributed by atoms with E-state index in [9.17, 15) is 13.2 Å². The number of nitrogens with zero attached hydrogens (tertiary/aromatic N) is 1. The van der Waals surface area contributed by atoms with Crippen molar-refractivity contribution >= 4 is 21.4 Å². The average molecular weight is 676 g/mol. The van der Waals surface area contributed by atoms with E-state index >= 15 is 0 Å². The van der Waals surface area contributed by atoms with Gasteiger partial charge in [-0.3, -0.25) is 0 Å². The zero-order valence-corrected chi connectivity index (χ0v) is 31.7. The third kappa shape index (κ3) is 4.99. The predicted octanol–water partition coefficient (Wildman–Crippen LogP) is 8.85. The van der Waals surface area contributed by atoms with Gasteiger partial charge in [0.1, 0.15) is 0 Å². The minimum atomic E-state index is -2.88. The molecule has 48 heavy (non-hydrogen) atoms. The monoisotopic (exact) mass is 675 g/mol. The number of esters is 1. The molecule has 7 rings (SSSR count). The van der Waals surface area contributed by atoms with E-state index in [0.717, 1.165) is 13.0 Å². The van der Waals surface area contributed by atoms with Crippen LogP contribution in [-0.2, 0) is 14.6 Å². The first kappa shape index (κ1) is 34.5. The van der Waals surface area contributed by atoms with Crippen molar-refractivity contribution in [2.75, 3.05) is 38.2 Å². The molecule has 4 saturated carbocycles. The van der Waals surface area contributed by atoms with Gasteiger partial charge in [0.2, 0.25) is 0 Å². The minimum absolute atomic E-state index is 0.0407. The molecule has 0 unspecified atom stereocenters. The van der Waals surface area contributed by atoms with Gasteiger partial charge in [0.25, 0.3) is 0 Å². The lowest BCUT2D eigenvalue weighted by Gasteiger charge is -2.72. The van der Waals surface area contributed by atoms with Crippen molar-refractivity contribution in [3.63, 3.8) is 0 Å². The molecular formula is C42H61NO4S. The van der Waals surface area contributed by atoms with E-state index in [2.05, 4.69) is 71.2 Å². The summed E-state index contributed by atoms with van der Waals surface area (Å²) in [6, 6.07) is 8.09. The molecule has 6 aliphatic rings. The van der Waals surface area contributed by atoms with Gasteiger partial charge in [-0.1, -0.05) is 65.0 Å². The van der Waals surface area contributed by atoms with E-state index in [1.807, 2.05) is 12.1 Å². The van der Waals surface area contributed by atoms with Gasteiger partial charge in [-0.25, -0.2) is 13.2 Å². The number of allylic oxidation sites excluding steroid dienone is 3. The van der Waals surface area contributed by atoms with Gasteiger partial charge in [0.05, 0.1) is 24.2 Å². The molecule has 0 radical (unpaired) electrons. The second kappa shape index (κ2) is 11.6. The van der Waals surface area contributed by atoms with Crippen LogP contribution in [0.1, 0.15) is 115 Å². The Morgan fingerprint density at radius 2 is 1.58 bits per heavy atom. The number of sulfone groups is 1. The smallest absolute Gasteiger partial charge is 0.337 e. The summed E-state index contributed by atoms with van der Waals surface area (Å²) in [5.41, 5.74) is 5.81. The van der Waals surface area contributed by atoms with Gasteiger partial charge in [0.15, 0.2) is 9.84 Å². The van der Waals surface area contributed by atoms with E-state index < -0.39 is 9.84 Å². The molecule has 1 aromatic rings. The molecule has 0 N–H and O–H groups in total. The minimum Gasteiger partial charge on any atom is -0.465 e. The standard InChI is InChI=1S/C42H61NO4S/c1-28(2)31-15-20-42(27-43-23-25-48(45,46)26-24-43)22-21-40(6)33(36(31)42)13-14-35-39(5)18-16-32(29-9-11-30(12-10-29)37(44)47-8)38(3,4)34(39)17-19-41(35,40)7/h9-12,16,31,33-36H,1,13-15,17-27H2,2-8H3/t31-,33+,34-,35+,36+,39-,40+,41+,42+/m0/s1. The van der Waals surface area contributed by atoms with Crippen LogP contribution >= 0.6 is 0 Å². The molecule has 1 aromatic carbocycles. The summed E-state index contributed by atoms with van der Waals surface area (Å²) < 4.78 is 29.6. The molecule has 0 spiro atoms. The normalized spacial score (nSPS) is 43.1. The van der Waals surface area contributed by atoms with Crippen LogP contribution in [0, 0.1) is 56.7 Å². The summed E-state index contributed by atoms with van der Waals surface area (Å²) in [5.74, 6) is 3.59. The SMILES string of the molecule is C=C(C)[C@@H]1CC[C@]2(CN3CCS(=O)(=O)CC3)CC[C@]3(C)[C@H](CC[C@@H]4[C@@]5(C)CC=C(c6ccc(C(=O)OC)cc6)C(C)(C)[C@@H]5CC[C@]43C)[C@@H]12. The highest BCUT2D eigenvalue weighted by Gasteiger charge is 2.70. The van der Waals surface area contributed by atoms with Crippen LogP contribution in [0.25, 0.3) is 5.57 Å². The second-order valence-electron chi connectivity index (χ2n) is 18.6. The fraction of sp³-hybridized carbons (Fsp3) is 0.738. The number of carbonyl (C=O) groups excluding carboxylic acids is 1. The zero-order valence-electron chi connectivity index (χ0n) is 30.9. The number of carbonyl (C=O) groups is 1. The number of hydrogen-bond acceptors (Lipinski definition) is 5. The Morgan fingerprint density at radius 3 is 2.23 bits per heavy atom. The van der Waals surface area contributed by atoms with Crippen molar-refractivity contribution in [1.29, 1.82) is 0 Å². The Kier molecular flexibility index (Phi) is 8.31. The molecule has 1 heterocycles. The fourth-order valence-electron chi connectivity index (χ4n) is 13.9. The highest BCUT2D eigenvalue weighted by molar-refractivity contribution is 7.91. The summed E-state index contributed by atoms with van der Waals surface area (Å²) in [7, 11) is -1.44. The lowest BCUT2D eigenvalue weighted by Crippen LogP contribution is -2.66. The van der Waals surface area contributed by atoms with Crippen LogP contribution in [-0.4, -0.2) is 57.5 Å². The molecule has 0 aromatic heterocycles. The summed E-state index contributed by atoms with van der Waals surface area (Å²) in [6.07, 6.45) is 14.0. The maximum Gasteiger partial charge on any atom is 0.337 e. The maximum absolute atomic E-state index is 12.3. The van der Waals surface area contributed by atoms with Crippen molar-refractivity contribution in [3.8, 4) is 0 Å². The number of ether oxygens (including phenoxy) is 1. The molecule has 0 bridgehead atoms. The number of rotatable bonds is 5. The lowest BCUT2D eigenvalue weighted by molar-refractivity contribution is -0.226. The largest absolute Gasteiger partial charge is 0.465 e. The number of methoxy groups -OCH3 is 1. The van der Waals surface area contributed by atoms with Crippen molar-refractivity contribution < 1.29 is 17.9 Å². The van der Waals surface area contributed by atoms with E-state index in [4.69, 9.17) is 4.74 Å². The van der Waals surface area contributed by atoms with Crippen LogP contribution in [0.15, 0.2) is 42.5 Å². The van der Waals surface area contributed by atoms with Crippen molar-refractivity contribution in [3.05, 3.63) is 53.6 Å². The molecule has 9 atom stereocenters. The summed E-state index contributed by atoms with van der Waals surface area (Å²) >= 11 is 0. The molecule has 1 saturated heterocycles. The summed E-state index contributed by atoms with van der Waals surface area (Å²) in [5, 5.41) is 0. The van der Waals surface area contributed by atoms with Crippen LogP contribution in [0.5, 0.6) is 0 Å². The molecule has 5 fully saturated rings. The predicted molar refractivity (Wildman–Crippen MR) is 195 cm³/mol. The number of benzene rings is 1. The zero-order chi connectivity index (χ0) is 34.5. The van der Waals surface area contributed by atoms with Crippen LogP contribution < -0.4 is 0 Å². The Bertz CT molecular complexity index is 1600. The Labute approximate surface area is 291 Å². The first-order valence-corrected chi connectivity index (χ1v) is 20.8. The fourth-order valence-corrected chi connectivity index (χ4v) is 15.2. The Morgan fingerprint density at radius 1 is 0.896 bits per heavy atom. The van der Waals surface area contributed by atoms with Gasteiger partial charge >= 0.3 is 5.97 Å². The van der Waals surface area contributed by atoms with E-state index in [1.165, 1.54) is 75.2 Å². The Balaban J connectivity index is 1.19. The van der Waals surface area contributed by atoms with E-state index in [0.29, 0.717) is 70.6 Å². The molecule has 6 heteroatoms. The van der Waals surface area contributed by atoms with Crippen molar-refractivity contribution in [2.24, 2.45) is 56.7 Å². The third-order valence-corrected chi connectivity index (χ3v) is 18.0. The van der Waals surface area contributed by atoms with Gasteiger partial charge in [-0.15, -0.1) is 0 Å². The molecule has 1 aliphatic heterocycles. The van der Waals surface area contributed by atoms with Gasteiger partial charge in [-0.05, 0) is 145 Å². The van der Waals surface area contributed by atoms with Crippen LogP contribution in [0.3, 0.4) is 0 Å². The molecular weight excluding hydrogens is 615 g/mol. The van der Waals surface area contributed by atoms with E-state index in [1.54, 1.807) is 0 Å². The Hall–Kier alpha value is -1.92. The first-order chi connectivity index (χ1) is 22.5. The quantitative estimate of drug-likeness (QED) is 0.231. The number of hydrogen-bond donors (Lipinski definition) is 0. The highest BCUT2D eigenvalue weighted by atomic mass is 32.2. The average Bonchev–Trinajstić information content (AvgIpc) is 3.42. The maximum atomic E-state index is 12.3. The third-order valence-electron chi connectivity index (χ3n) is 16.4. The lowest BCUT2D eigenvalue weighted by atomic mass is 9.32. The second-order valence-corrected chi connectivity index (χ2v) is 20.9. The van der Waals surface area contributed by atoms with Crippen molar-refractivity contribution in [2.45, 2.75) is 99.3 Å². The molecule has 0 amide bonds. The summed E-state index contributed by atoms with van der Waals surface area (Å²) in [4.78, 5) is 14.6. The van der Waals surface area contributed by atoms with Gasteiger partial charge in [-0.2, -0.15) is 0 Å². The van der Waals surface area contributed by atoms with Crippen molar-refractivity contribution in [1.82, 2.24) is 4.90 Å². The van der Waals surface area contributed by atoms with E-state index in [-0.39, 0.29) is 22.2 Å². The highest BCUT2D eigenvalue weighted by Crippen LogP contribution is 2.77. The molecule has 5 aliphatic carbocycles. The van der Waals surface area contributed by atoms with Crippen LogP contribution in [0.4, 0.5) is 0 Å². The van der Waals surface area contributed by atoms with Crippen LogP contribution in [0.2, 0.25) is 0 Å². The summed E-state index contributed by atoms with van der Waals surface area (Å²) in [6.45, 7) is 22.4. The van der Waals surface area contributed by atoms with Gasteiger partial charge in [0, 0.05) is 19.6 Å². The number of fused-ring (bicyclic) bond motifs is 7. The topological polar surface area (TPSA) is 63.7 Å². The first-order valence-electron chi connectivity index (χ1n) is 19.0.